The molecule has 110 valence electrons. The summed E-state index contributed by atoms with van der Waals surface area (Å²) in [5, 5.41) is 24.5. The fraction of sp³-hybridized carbons (Fsp3) is 0.188. The Kier molecular flexibility index (Phi) is 4.45. The smallest absolute Gasteiger partial charge is 0.255 e. The molecule has 0 radical (unpaired) electrons. The van der Waals surface area contributed by atoms with Gasteiger partial charge in [0.15, 0.2) is 11.5 Å². The number of hydrogen-bond acceptors (Lipinski definition) is 4. The summed E-state index contributed by atoms with van der Waals surface area (Å²) in [5.74, 6) is -0.919. The molecular formula is C16H18N2O3. The number of rotatable bonds is 4. The first-order valence-corrected chi connectivity index (χ1v) is 6.62. The second-order valence-electron chi connectivity index (χ2n) is 4.79. The van der Waals surface area contributed by atoms with Crippen molar-refractivity contribution in [1.29, 1.82) is 0 Å². The van der Waals surface area contributed by atoms with Crippen LogP contribution >= 0.6 is 0 Å². The molecule has 5 heteroatoms. The van der Waals surface area contributed by atoms with Crippen LogP contribution in [0.25, 0.3) is 0 Å². The van der Waals surface area contributed by atoms with E-state index in [4.69, 9.17) is 0 Å². The lowest BCUT2D eigenvalue weighted by molar-refractivity contribution is 0.102. The molecule has 1 unspecified atom stereocenters. The van der Waals surface area contributed by atoms with Gasteiger partial charge in [0.25, 0.3) is 5.91 Å². The van der Waals surface area contributed by atoms with Gasteiger partial charge >= 0.3 is 0 Å². The lowest BCUT2D eigenvalue weighted by Crippen LogP contribution is -2.13. The van der Waals surface area contributed by atoms with E-state index in [1.807, 2.05) is 38.2 Å². The highest BCUT2D eigenvalue weighted by Gasteiger charge is 2.09. The van der Waals surface area contributed by atoms with E-state index in [-0.39, 0.29) is 29.0 Å². The van der Waals surface area contributed by atoms with Crippen LogP contribution in [0, 0.1) is 0 Å². The highest BCUT2D eigenvalue weighted by molar-refractivity contribution is 6.04. The third-order valence-corrected chi connectivity index (χ3v) is 3.34. The predicted octanol–water partition coefficient (Wildman–Crippen LogP) is 2.63. The third-order valence-electron chi connectivity index (χ3n) is 3.34. The van der Waals surface area contributed by atoms with Crippen molar-refractivity contribution in [3.05, 3.63) is 53.6 Å². The van der Waals surface area contributed by atoms with Crippen molar-refractivity contribution >= 4 is 11.6 Å². The second-order valence-corrected chi connectivity index (χ2v) is 4.79. The van der Waals surface area contributed by atoms with Gasteiger partial charge in [-0.3, -0.25) is 4.79 Å². The number of benzene rings is 2. The summed E-state index contributed by atoms with van der Waals surface area (Å²) in [7, 11) is 1.89. The van der Waals surface area contributed by atoms with Crippen LogP contribution in [-0.2, 0) is 0 Å². The second kappa shape index (κ2) is 6.28. The molecule has 0 fully saturated rings. The molecule has 4 N–H and O–H groups in total. The number of hydrogen-bond donors (Lipinski definition) is 4. The summed E-state index contributed by atoms with van der Waals surface area (Å²) in [6.07, 6.45) is 0. The maximum atomic E-state index is 12.0. The van der Waals surface area contributed by atoms with Crippen LogP contribution in [0.4, 0.5) is 5.69 Å². The highest BCUT2D eigenvalue weighted by Crippen LogP contribution is 2.25. The van der Waals surface area contributed by atoms with E-state index in [0.29, 0.717) is 5.69 Å². The Morgan fingerprint density at radius 3 is 2.29 bits per heavy atom. The monoisotopic (exact) mass is 286 g/mol. The molecule has 0 aliphatic rings. The molecule has 2 rings (SSSR count). The number of carbonyl (C=O) groups excluding carboxylic acids is 1. The number of amides is 1. The van der Waals surface area contributed by atoms with Crippen molar-refractivity contribution in [2.24, 2.45) is 0 Å². The Labute approximate surface area is 123 Å². The van der Waals surface area contributed by atoms with Gasteiger partial charge < -0.3 is 20.8 Å². The molecule has 1 atom stereocenters. The molecule has 21 heavy (non-hydrogen) atoms. The van der Waals surface area contributed by atoms with E-state index >= 15 is 0 Å². The minimum Gasteiger partial charge on any atom is -0.504 e. The molecule has 2 aromatic rings. The van der Waals surface area contributed by atoms with Crippen LogP contribution in [0.3, 0.4) is 0 Å². The van der Waals surface area contributed by atoms with Crippen molar-refractivity contribution in [3.63, 3.8) is 0 Å². The van der Waals surface area contributed by atoms with E-state index in [9.17, 15) is 15.0 Å². The van der Waals surface area contributed by atoms with Crippen molar-refractivity contribution in [1.82, 2.24) is 5.32 Å². The normalized spacial score (nSPS) is 11.9. The highest BCUT2D eigenvalue weighted by atomic mass is 16.3. The number of carbonyl (C=O) groups is 1. The fourth-order valence-corrected chi connectivity index (χ4v) is 1.89. The van der Waals surface area contributed by atoms with Gasteiger partial charge in [-0.25, -0.2) is 0 Å². The quantitative estimate of drug-likeness (QED) is 0.651. The number of aromatic hydroxyl groups is 2. The molecule has 0 saturated carbocycles. The molecule has 5 nitrogen and oxygen atoms in total. The van der Waals surface area contributed by atoms with E-state index in [1.165, 1.54) is 18.2 Å². The summed E-state index contributed by atoms with van der Waals surface area (Å²) in [6.45, 7) is 2.05. The van der Waals surface area contributed by atoms with Crippen molar-refractivity contribution in [2.75, 3.05) is 12.4 Å². The summed E-state index contributed by atoms with van der Waals surface area (Å²) < 4.78 is 0. The maximum Gasteiger partial charge on any atom is 0.255 e. The Balaban J connectivity index is 2.10. The Bertz CT molecular complexity index is 638. The Morgan fingerprint density at radius 2 is 1.71 bits per heavy atom. The number of nitrogens with one attached hydrogen (secondary N) is 2. The van der Waals surface area contributed by atoms with E-state index < -0.39 is 0 Å². The fourth-order valence-electron chi connectivity index (χ4n) is 1.89. The Hall–Kier alpha value is -2.53. The van der Waals surface area contributed by atoms with Crippen LogP contribution in [0.1, 0.15) is 28.9 Å². The van der Waals surface area contributed by atoms with Gasteiger partial charge in [0, 0.05) is 17.3 Å². The zero-order chi connectivity index (χ0) is 15.4. The molecule has 0 aliphatic heterocycles. The van der Waals surface area contributed by atoms with E-state index in [0.717, 1.165) is 5.56 Å². The number of anilines is 1. The van der Waals surface area contributed by atoms with Crippen molar-refractivity contribution in [2.45, 2.75) is 13.0 Å². The molecule has 0 aliphatic carbocycles. The molecule has 0 saturated heterocycles. The molecular weight excluding hydrogens is 268 g/mol. The summed E-state index contributed by atoms with van der Waals surface area (Å²) >= 11 is 0. The topological polar surface area (TPSA) is 81.6 Å². The van der Waals surface area contributed by atoms with Gasteiger partial charge in [-0.1, -0.05) is 12.1 Å². The van der Waals surface area contributed by atoms with Gasteiger partial charge in [0.05, 0.1) is 0 Å². The Morgan fingerprint density at radius 1 is 1.05 bits per heavy atom. The summed E-state index contributed by atoms with van der Waals surface area (Å²) in [4.78, 5) is 12.0. The average Bonchev–Trinajstić information content (AvgIpc) is 2.50. The van der Waals surface area contributed by atoms with Crippen LogP contribution in [0.15, 0.2) is 42.5 Å². The lowest BCUT2D eigenvalue weighted by Gasteiger charge is -2.11. The molecule has 0 spiro atoms. The minimum absolute atomic E-state index is 0.240. The SMILES string of the molecule is CNC(C)c1ccc(NC(=O)c2ccc(O)c(O)c2)cc1. The van der Waals surface area contributed by atoms with E-state index in [1.54, 1.807) is 0 Å². The van der Waals surface area contributed by atoms with Gasteiger partial charge in [0.1, 0.15) is 0 Å². The summed E-state index contributed by atoms with van der Waals surface area (Å²) in [5.41, 5.74) is 2.07. The molecule has 0 bridgehead atoms. The van der Waals surface area contributed by atoms with Gasteiger partial charge in [-0.2, -0.15) is 0 Å². The summed E-state index contributed by atoms with van der Waals surface area (Å²) in [6, 6.07) is 11.7. The van der Waals surface area contributed by atoms with Gasteiger partial charge in [-0.05, 0) is 49.9 Å². The predicted molar refractivity (Wildman–Crippen MR) is 81.6 cm³/mol. The standard InChI is InChI=1S/C16H18N2O3/c1-10(17-2)11-3-6-13(7-4-11)18-16(21)12-5-8-14(19)15(20)9-12/h3-10,17,19-20H,1-2H3,(H,18,21). The molecule has 0 aromatic heterocycles. The molecule has 0 heterocycles. The van der Waals surface area contributed by atoms with Crippen LogP contribution in [0.2, 0.25) is 0 Å². The largest absolute Gasteiger partial charge is 0.504 e. The molecule has 2 aromatic carbocycles. The van der Waals surface area contributed by atoms with Crippen LogP contribution < -0.4 is 10.6 Å². The zero-order valence-corrected chi connectivity index (χ0v) is 11.9. The first-order chi connectivity index (χ1) is 10.0. The van der Waals surface area contributed by atoms with Crippen LogP contribution in [0.5, 0.6) is 11.5 Å². The van der Waals surface area contributed by atoms with Gasteiger partial charge in [-0.15, -0.1) is 0 Å². The number of phenols is 2. The molecule has 1 amide bonds. The van der Waals surface area contributed by atoms with Crippen molar-refractivity contribution < 1.29 is 15.0 Å². The third kappa shape index (κ3) is 3.52. The first-order valence-electron chi connectivity index (χ1n) is 6.62. The van der Waals surface area contributed by atoms with E-state index in [2.05, 4.69) is 10.6 Å². The number of phenolic OH excluding ortho intramolecular Hbond substituents is 2. The lowest BCUT2D eigenvalue weighted by atomic mass is 10.1. The minimum atomic E-state index is -0.347. The maximum absolute atomic E-state index is 12.0. The van der Waals surface area contributed by atoms with Crippen LogP contribution in [-0.4, -0.2) is 23.2 Å². The zero-order valence-electron chi connectivity index (χ0n) is 11.9. The first kappa shape index (κ1) is 14.9. The average molecular weight is 286 g/mol. The van der Waals surface area contributed by atoms with Crippen molar-refractivity contribution in [3.8, 4) is 11.5 Å². The van der Waals surface area contributed by atoms with Gasteiger partial charge in [0.2, 0.25) is 0 Å².